The summed E-state index contributed by atoms with van der Waals surface area (Å²) in [6, 6.07) is 0.408. The van der Waals surface area contributed by atoms with Gasteiger partial charge in [0.1, 0.15) is 6.10 Å². The molecule has 20 heavy (non-hydrogen) atoms. The number of likely N-dealkylation sites (tertiary alicyclic amines) is 1. The van der Waals surface area contributed by atoms with E-state index in [0.717, 1.165) is 31.4 Å². The maximum atomic E-state index is 12.0. The molecule has 2 rings (SSSR count). The fourth-order valence-electron chi connectivity index (χ4n) is 2.34. The van der Waals surface area contributed by atoms with Crippen molar-refractivity contribution in [2.45, 2.75) is 46.1 Å². The predicted molar refractivity (Wildman–Crippen MR) is 76.5 cm³/mol. The SMILES string of the molecule is CCc1cnc(OC2CCCN(C(=O)C(C)C)C2)nc1. The number of carbonyl (C=O) groups is 1. The van der Waals surface area contributed by atoms with E-state index in [4.69, 9.17) is 4.74 Å². The van der Waals surface area contributed by atoms with Crippen LogP contribution in [0.4, 0.5) is 0 Å². The number of piperidine rings is 1. The first-order valence-electron chi connectivity index (χ1n) is 7.36. The lowest BCUT2D eigenvalue weighted by atomic mass is 10.1. The summed E-state index contributed by atoms with van der Waals surface area (Å²) >= 11 is 0. The molecule has 0 spiro atoms. The molecule has 1 fully saturated rings. The third-order valence-electron chi connectivity index (χ3n) is 3.55. The van der Waals surface area contributed by atoms with Crippen molar-refractivity contribution < 1.29 is 9.53 Å². The summed E-state index contributed by atoms with van der Waals surface area (Å²) in [7, 11) is 0. The van der Waals surface area contributed by atoms with Gasteiger partial charge in [-0.05, 0) is 24.8 Å². The zero-order valence-corrected chi connectivity index (χ0v) is 12.5. The summed E-state index contributed by atoms with van der Waals surface area (Å²) in [6.07, 6.45) is 6.42. The van der Waals surface area contributed by atoms with E-state index < -0.39 is 0 Å². The van der Waals surface area contributed by atoms with Crippen molar-refractivity contribution in [2.24, 2.45) is 5.92 Å². The number of aryl methyl sites for hydroxylation is 1. The molecule has 0 N–H and O–H groups in total. The first kappa shape index (κ1) is 14.8. The van der Waals surface area contributed by atoms with Crippen LogP contribution < -0.4 is 4.74 Å². The number of amides is 1. The molecule has 110 valence electrons. The minimum Gasteiger partial charge on any atom is -0.458 e. The fourth-order valence-corrected chi connectivity index (χ4v) is 2.34. The van der Waals surface area contributed by atoms with Crippen molar-refractivity contribution in [3.05, 3.63) is 18.0 Å². The highest BCUT2D eigenvalue weighted by Gasteiger charge is 2.26. The van der Waals surface area contributed by atoms with Crippen molar-refractivity contribution >= 4 is 5.91 Å². The smallest absolute Gasteiger partial charge is 0.316 e. The molecule has 0 aliphatic carbocycles. The molecule has 1 aliphatic heterocycles. The number of aromatic nitrogens is 2. The van der Waals surface area contributed by atoms with E-state index >= 15 is 0 Å². The van der Waals surface area contributed by atoms with E-state index in [1.165, 1.54) is 0 Å². The molecule has 1 aliphatic rings. The molecular formula is C15H23N3O2. The van der Waals surface area contributed by atoms with Gasteiger partial charge in [0.25, 0.3) is 0 Å². The lowest BCUT2D eigenvalue weighted by molar-refractivity contribution is -0.137. The van der Waals surface area contributed by atoms with Crippen molar-refractivity contribution in [1.82, 2.24) is 14.9 Å². The Balaban J connectivity index is 1.93. The molecule has 1 saturated heterocycles. The molecule has 0 bridgehead atoms. The zero-order chi connectivity index (χ0) is 14.5. The van der Waals surface area contributed by atoms with Crippen LogP contribution in [0.25, 0.3) is 0 Å². The number of rotatable bonds is 4. The quantitative estimate of drug-likeness (QED) is 0.845. The van der Waals surface area contributed by atoms with Crippen molar-refractivity contribution in [3.63, 3.8) is 0 Å². The van der Waals surface area contributed by atoms with E-state index in [-0.39, 0.29) is 17.9 Å². The molecule has 0 aromatic carbocycles. The van der Waals surface area contributed by atoms with Gasteiger partial charge < -0.3 is 9.64 Å². The highest BCUT2D eigenvalue weighted by Crippen LogP contribution is 2.17. The molecule has 5 heteroatoms. The Bertz CT molecular complexity index is 445. The second-order valence-corrected chi connectivity index (χ2v) is 5.55. The fraction of sp³-hybridized carbons (Fsp3) is 0.667. The van der Waals surface area contributed by atoms with Crippen molar-refractivity contribution in [1.29, 1.82) is 0 Å². The standard InChI is InChI=1S/C15H23N3O2/c1-4-12-8-16-15(17-9-12)20-13-6-5-7-18(10-13)14(19)11(2)3/h8-9,11,13H,4-7,10H2,1-3H3. The van der Waals surface area contributed by atoms with Gasteiger partial charge in [-0.1, -0.05) is 20.8 Å². The zero-order valence-electron chi connectivity index (χ0n) is 12.5. The van der Waals surface area contributed by atoms with E-state index in [0.29, 0.717) is 12.6 Å². The molecular weight excluding hydrogens is 254 g/mol. The summed E-state index contributed by atoms with van der Waals surface area (Å²) in [6.45, 7) is 7.39. The van der Waals surface area contributed by atoms with Crippen LogP contribution in [0.1, 0.15) is 39.2 Å². The van der Waals surface area contributed by atoms with E-state index in [2.05, 4.69) is 16.9 Å². The molecule has 1 unspecified atom stereocenters. The van der Waals surface area contributed by atoms with Gasteiger partial charge in [-0.15, -0.1) is 0 Å². The summed E-state index contributed by atoms with van der Waals surface area (Å²) in [5, 5.41) is 0. The molecule has 1 aromatic rings. The van der Waals surface area contributed by atoms with Crippen molar-refractivity contribution in [3.8, 4) is 6.01 Å². The number of nitrogens with zero attached hydrogens (tertiary/aromatic N) is 3. The third-order valence-corrected chi connectivity index (χ3v) is 3.55. The van der Waals surface area contributed by atoms with Gasteiger partial charge in [0.05, 0.1) is 6.54 Å². The maximum Gasteiger partial charge on any atom is 0.316 e. The van der Waals surface area contributed by atoms with Crippen LogP contribution in [0, 0.1) is 5.92 Å². The minimum absolute atomic E-state index is 0.000994. The number of carbonyl (C=O) groups excluding carboxylic acids is 1. The molecule has 1 aromatic heterocycles. The number of hydrogen-bond donors (Lipinski definition) is 0. The second-order valence-electron chi connectivity index (χ2n) is 5.55. The Morgan fingerprint density at radius 2 is 2.15 bits per heavy atom. The van der Waals surface area contributed by atoms with Crippen LogP contribution >= 0.6 is 0 Å². The van der Waals surface area contributed by atoms with Gasteiger partial charge in [-0.2, -0.15) is 0 Å². The molecule has 1 atom stereocenters. The van der Waals surface area contributed by atoms with Crippen LogP contribution in [-0.2, 0) is 11.2 Å². The Morgan fingerprint density at radius 1 is 1.45 bits per heavy atom. The summed E-state index contributed by atoms with van der Waals surface area (Å²) in [5.41, 5.74) is 1.10. The average Bonchev–Trinajstić information content (AvgIpc) is 2.47. The Hall–Kier alpha value is -1.65. The van der Waals surface area contributed by atoms with Crippen LogP contribution in [0.15, 0.2) is 12.4 Å². The first-order chi connectivity index (χ1) is 9.60. The summed E-state index contributed by atoms with van der Waals surface area (Å²) in [4.78, 5) is 22.3. The van der Waals surface area contributed by atoms with Crippen LogP contribution in [0.2, 0.25) is 0 Å². The molecule has 5 nitrogen and oxygen atoms in total. The highest BCUT2D eigenvalue weighted by molar-refractivity contribution is 5.78. The average molecular weight is 277 g/mol. The van der Waals surface area contributed by atoms with Gasteiger partial charge >= 0.3 is 6.01 Å². The van der Waals surface area contributed by atoms with Crippen molar-refractivity contribution in [2.75, 3.05) is 13.1 Å². The topological polar surface area (TPSA) is 55.3 Å². The monoisotopic (exact) mass is 277 g/mol. The lowest BCUT2D eigenvalue weighted by Gasteiger charge is -2.33. The lowest BCUT2D eigenvalue weighted by Crippen LogP contribution is -2.46. The number of ether oxygens (including phenoxy) is 1. The van der Waals surface area contributed by atoms with Gasteiger partial charge in [0.15, 0.2) is 0 Å². The van der Waals surface area contributed by atoms with E-state index in [9.17, 15) is 4.79 Å². The van der Waals surface area contributed by atoms with E-state index in [1.807, 2.05) is 18.7 Å². The van der Waals surface area contributed by atoms with Crippen LogP contribution in [0.5, 0.6) is 6.01 Å². The summed E-state index contributed by atoms with van der Waals surface area (Å²) < 4.78 is 5.80. The first-order valence-corrected chi connectivity index (χ1v) is 7.36. The van der Waals surface area contributed by atoms with Gasteiger partial charge in [0, 0.05) is 24.9 Å². The predicted octanol–water partition coefficient (Wildman–Crippen LogP) is 2.06. The highest BCUT2D eigenvalue weighted by atomic mass is 16.5. The third kappa shape index (κ3) is 3.68. The Kier molecular flexibility index (Phi) is 4.93. The van der Waals surface area contributed by atoms with Gasteiger partial charge in [-0.25, -0.2) is 9.97 Å². The molecule has 0 radical (unpaired) electrons. The largest absolute Gasteiger partial charge is 0.458 e. The molecule has 1 amide bonds. The normalized spacial score (nSPS) is 19.2. The molecule has 2 heterocycles. The molecule has 0 saturated carbocycles. The second kappa shape index (κ2) is 6.68. The minimum atomic E-state index is -0.000994. The van der Waals surface area contributed by atoms with Gasteiger partial charge in [0.2, 0.25) is 5.91 Å². The summed E-state index contributed by atoms with van der Waals surface area (Å²) in [5.74, 6) is 0.231. The number of hydrogen-bond acceptors (Lipinski definition) is 4. The van der Waals surface area contributed by atoms with Crippen LogP contribution in [-0.4, -0.2) is 40.0 Å². The Labute approximate surface area is 120 Å². The Morgan fingerprint density at radius 3 is 2.75 bits per heavy atom. The van der Waals surface area contributed by atoms with Crippen LogP contribution in [0.3, 0.4) is 0 Å². The maximum absolute atomic E-state index is 12.0. The van der Waals surface area contributed by atoms with E-state index in [1.54, 1.807) is 12.4 Å². The van der Waals surface area contributed by atoms with Gasteiger partial charge in [-0.3, -0.25) is 4.79 Å².